The normalized spacial score (nSPS) is 11.3. The lowest BCUT2D eigenvalue weighted by atomic mass is 10.2. The fourth-order valence-corrected chi connectivity index (χ4v) is 1.84. The fourth-order valence-electron chi connectivity index (χ4n) is 1.84. The number of carbonyl (C=O) groups excluding carboxylic acids is 1. The van der Waals surface area contributed by atoms with E-state index in [1.165, 1.54) is 48.5 Å². The van der Waals surface area contributed by atoms with Crippen molar-refractivity contribution in [1.82, 2.24) is 14.5 Å². The molecule has 1 amide bonds. The third-order valence-electron chi connectivity index (χ3n) is 2.98. The van der Waals surface area contributed by atoms with Crippen LogP contribution in [-0.4, -0.2) is 27.4 Å². The minimum atomic E-state index is -2.70. The molecule has 0 atom stereocenters. The summed E-state index contributed by atoms with van der Waals surface area (Å²) < 4.78 is 39.1. The topological polar surface area (TPSA) is 38.1 Å². The third-order valence-corrected chi connectivity index (χ3v) is 2.98. The molecule has 1 aromatic heterocycles. The van der Waals surface area contributed by atoms with Gasteiger partial charge in [0, 0.05) is 25.5 Å². The lowest BCUT2D eigenvalue weighted by Crippen LogP contribution is -2.26. The fraction of sp³-hybridized carbons (Fsp3) is 0.200. The largest absolute Gasteiger partial charge is 0.335 e. The van der Waals surface area contributed by atoms with Crippen LogP contribution in [0, 0.1) is 5.82 Å². The summed E-state index contributed by atoms with van der Waals surface area (Å²) in [7, 11) is 1.47. The van der Waals surface area contributed by atoms with Crippen LogP contribution in [0.25, 0.3) is 6.08 Å². The second-order valence-corrected chi connectivity index (χ2v) is 4.61. The maximum atomic E-state index is 13.0. The summed E-state index contributed by atoms with van der Waals surface area (Å²) >= 11 is 0. The highest BCUT2D eigenvalue weighted by molar-refractivity contribution is 5.91. The Kier molecular flexibility index (Phi) is 4.98. The Balaban J connectivity index is 2.01. The molecular weight excluding hydrogens is 295 g/mol. The standard InChI is InChI=1S/C15H14F3N3O/c1-20(10-13-19-7-8-21(13)15(17)18)14(22)6-5-11-3-2-4-12(16)9-11/h2-9,15H,10H2,1H3/b6-5+. The highest BCUT2D eigenvalue weighted by Gasteiger charge is 2.14. The van der Waals surface area contributed by atoms with Gasteiger partial charge in [-0.3, -0.25) is 9.36 Å². The first-order chi connectivity index (χ1) is 10.5. The smallest absolute Gasteiger partial charge is 0.319 e. The van der Waals surface area contributed by atoms with Gasteiger partial charge in [-0.2, -0.15) is 8.78 Å². The van der Waals surface area contributed by atoms with Gasteiger partial charge >= 0.3 is 6.55 Å². The van der Waals surface area contributed by atoms with E-state index in [0.29, 0.717) is 10.1 Å². The SMILES string of the molecule is CN(Cc1nccn1C(F)F)C(=O)/C=C/c1cccc(F)c1. The zero-order valence-corrected chi connectivity index (χ0v) is 11.8. The number of halogens is 3. The first kappa shape index (κ1) is 15.8. The number of likely N-dealkylation sites (N-methyl/N-ethyl adjacent to an activating group) is 1. The van der Waals surface area contributed by atoms with Crippen molar-refractivity contribution in [1.29, 1.82) is 0 Å². The van der Waals surface area contributed by atoms with E-state index in [2.05, 4.69) is 4.98 Å². The number of imidazole rings is 1. The zero-order chi connectivity index (χ0) is 16.1. The predicted octanol–water partition coefficient (Wildman–Crippen LogP) is 3.09. The molecule has 0 saturated heterocycles. The lowest BCUT2D eigenvalue weighted by Gasteiger charge is -2.15. The Morgan fingerprint density at radius 1 is 1.45 bits per heavy atom. The van der Waals surface area contributed by atoms with Crippen LogP contribution in [-0.2, 0) is 11.3 Å². The molecule has 2 aromatic rings. The Hall–Kier alpha value is -2.57. The molecule has 116 valence electrons. The summed E-state index contributed by atoms with van der Waals surface area (Å²) in [5, 5.41) is 0. The lowest BCUT2D eigenvalue weighted by molar-refractivity contribution is -0.125. The maximum absolute atomic E-state index is 13.0. The number of aromatic nitrogens is 2. The van der Waals surface area contributed by atoms with E-state index in [1.54, 1.807) is 6.07 Å². The third kappa shape index (κ3) is 3.97. The molecule has 1 aromatic carbocycles. The molecule has 22 heavy (non-hydrogen) atoms. The van der Waals surface area contributed by atoms with Gasteiger partial charge in [-0.15, -0.1) is 0 Å². The van der Waals surface area contributed by atoms with Gasteiger partial charge in [-0.1, -0.05) is 12.1 Å². The minimum absolute atomic E-state index is 0.0519. The van der Waals surface area contributed by atoms with Crippen LogP contribution in [0.15, 0.2) is 42.7 Å². The van der Waals surface area contributed by atoms with E-state index in [9.17, 15) is 18.0 Å². The number of benzene rings is 1. The Morgan fingerprint density at radius 2 is 2.23 bits per heavy atom. The summed E-state index contributed by atoms with van der Waals surface area (Å²) in [6.45, 7) is -2.76. The second kappa shape index (κ2) is 6.93. The maximum Gasteiger partial charge on any atom is 0.319 e. The highest BCUT2D eigenvalue weighted by Crippen LogP contribution is 2.13. The van der Waals surface area contributed by atoms with Crippen LogP contribution < -0.4 is 0 Å². The van der Waals surface area contributed by atoms with Gasteiger partial charge in [-0.25, -0.2) is 9.37 Å². The van der Waals surface area contributed by atoms with Gasteiger partial charge in [-0.05, 0) is 23.8 Å². The highest BCUT2D eigenvalue weighted by atomic mass is 19.3. The Bertz CT molecular complexity index is 682. The van der Waals surface area contributed by atoms with E-state index < -0.39 is 18.3 Å². The number of hydrogen-bond acceptors (Lipinski definition) is 2. The van der Waals surface area contributed by atoms with Gasteiger partial charge < -0.3 is 4.90 Å². The van der Waals surface area contributed by atoms with Crippen LogP contribution in [0.3, 0.4) is 0 Å². The van der Waals surface area contributed by atoms with Gasteiger partial charge in [0.2, 0.25) is 5.91 Å². The number of rotatable bonds is 5. The van der Waals surface area contributed by atoms with Crippen LogP contribution in [0.4, 0.5) is 13.2 Å². The summed E-state index contributed by atoms with van der Waals surface area (Å²) in [5.41, 5.74) is 0.538. The van der Waals surface area contributed by atoms with Gasteiger partial charge in [0.1, 0.15) is 11.6 Å². The average Bonchev–Trinajstić information content (AvgIpc) is 2.93. The number of amides is 1. The van der Waals surface area contributed by atoms with Crippen molar-refractivity contribution in [3.8, 4) is 0 Å². The van der Waals surface area contributed by atoms with Gasteiger partial charge in [0.25, 0.3) is 0 Å². The van der Waals surface area contributed by atoms with Crippen LogP contribution >= 0.6 is 0 Å². The molecule has 0 aliphatic heterocycles. The second-order valence-electron chi connectivity index (χ2n) is 4.61. The summed E-state index contributed by atoms with van der Waals surface area (Å²) in [6, 6.07) is 5.77. The first-order valence-electron chi connectivity index (χ1n) is 6.46. The van der Waals surface area contributed by atoms with Crippen molar-refractivity contribution in [3.05, 3.63) is 59.9 Å². The molecule has 1 heterocycles. The van der Waals surface area contributed by atoms with Gasteiger partial charge in [0.15, 0.2) is 0 Å². The van der Waals surface area contributed by atoms with Crippen LogP contribution in [0.5, 0.6) is 0 Å². The molecule has 0 aliphatic rings. The molecule has 0 radical (unpaired) electrons. The molecule has 2 rings (SSSR count). The van der Waals surface area contributed by atoms with Crippen molar-refractivity contribution in [2.24, 2.45) is 0 Å². The van der Waals surface area contributed by atoms with Crippen molar-refractivity contribution in [3.63, 3.8) is 0 Å². The molecule has 0 unspecified atom stereocenters. The van der Waals surface area contributed by atoms with Crippen molar-refractivity contribution < 1.29 is 18.0 Å². The van der Waals surface area contributed by atoms with Crippen molar-refractivity contribution in [2.75, 3.05) is 7.05 Å². The van der Waals surface area contributed by atoms with Crippen LogP contribution in [0.1, 0.15) is 17.9 Å². The van der Waals surface area contributed by atoms with E-state index in [0.717, 1.165) is 6.20 Å². The molecule has 4 nitrogen and oxygen atoms in total. The molecule has 0 bridgehead atoms. The predicted molar refractivity (Wildman–Crippen MR) is 75.4 cm³/mol. The molecule has 0 N–H and O–H groups in total. The number of alkyl halides is 2. The summed E-state index contributed by atoms with van der Waals surface area (Å²) in [6.07, 6.45) is 5.12. The number of nitrogens with zero attached hydrogens (tertiary/aromatic N) is 3. The molecule has 0 fully saturated rings. The minimum Gasteiger partial charge on any atom is -0.335 e. The Labute approximate surface area is 125 Å². The first-order valence-corrected chi connectivity index (χ1v) is 6.46. The van der Waals surface area contributed by atoms with Crippen molar-refractivity contribution >= 4 is 12.0 Å². The molecule has 0 saturated carbocycles. The molecular formula is C15H14F3N3O. The Morgan fingerprint density at radius 3 is 2.91 bits per heavy atom. The van der Waals surface area contributed by atoms with Crippen LogP contribution in [0.2, 0.25) is 0 Å². The van der Waals surface area contributed by atoms with E-state index in [4.69, 9.17) is 0 Å². The van der Waals surface area contributed by atoms with E-state index in [1.807, 2.05) is 0 Å². The van der Waals surface area contributed by atoms with E-state index >= 15 is 0 Å². The quantitative estimate of drug-likeness (QED) is 0.796. The summed E-state index contributed by atoms with van der Waals surface area (Å²) in [5.74, 6) is -0.708. The number of carbonyl (C=O) groups is 1. The van der Waals surface area contributed by atoms with Crippen molar-refractivity contribution in [2.45, 2.75) is 13.1 Å². The average molecular weight is 309 g/mol. The monoisotopic (exact) mass is 309 g/mol. The molecule has 7 heteroatoms. The zero-order valence-electron chi connectivity index (χ0n) is 11.8. The van der Waals surface area contributed by atoms with Gasteiger partial charge in [0.05, 0.1) is 6.54 Å². The molecule has 0 aliphatic carbocycles. The summed E-state index contributed by atoms with van der Waals surface area (Å²) in [4.78, 5) is 17.0. The molecule has 0 spiro atoms. The van der Waals surface area contributed by atoms with E-state index in [-0.39, 0.29) is 12.4 Å². The number of hydrogen-bond donors (Lipinski definition) is 0.